The van der Waals surface area contributed by atoms with Gasteiger partial charge in [-0.3, -0.25) is 0 Å². The molecule has 0 bridgehead atoms. The Morgan fingerprint density at radius 1 is 1.27 bits per heavy atom. The second-order valence-corrected chi connectivity index (χ2v) is 8.65. The molecule has 0 heterocycles. The van der Waals surface area contributed by atoms with Gasteiger partial charge in [0, 0.05) is 6.42 Å². The summed E-state index contributed by atoms with van der Waals surface area (Å²) in [6.07, 6.45) is 4.32. The molecule has 0 saturated heterocycles. The maximum atomic E-state index is 9.92. The first-order valence-corrected chi connectivity index (χ1v) is 7.50. The molecule has 2 heteroatoms. The van der Waals surface area contributed by atoms with Crippen molar-refractivity contribution in [1.29, 1.82) is 0 Å². The first kappa shape index (κ1) is 10.4. The number of carbonyl (C=O) groups is 1. The molecule has 0 atom stereocenters. The van der Waals surface area contributed by atoms with Gasteiger partial charge in [-0.05, 0) is 12.5 Å². The maximum absolute atomic E-state index is 9.92. The van der Waals surface area contributed by atoms with Crippen molar-refractivity contribution >= 4 is 14.4 Å². The van der Waals surface area contributed by atoms with Crippen LogP contribution in [0, 0.1) is 0 Å². The highest BCUT2D eigenvalue weighted by Gasteiger charge is 2.05. The minimum Gasteiger partial charge on any atom is -0.303 e. The topological polar surface area (TPSA) is 17.1 Å². The summed E-state index contributed by atoms with van der Waals surface area (Å²) < 4.78 is 0. The Morgan fingerprint density at radius 2 is 1.91 bits per heavy atom. The Balaban J connectivity index is 3.72. The molecule has 0 fully saturated rings. The van der Waals surface area contributed by atoms with Gasteiger partial charge in [-0.1, -0.05) is 25.3 Å². The Bertz CT molecular complexity index is 170. The van der Waals surface area contributed by atoms with E-state index in [1.807, 2.05) is 6.08 Å². The Kier molecular flexibility index (Phi) is 4.83. The van der Waals surface area contributed by atoms with Crippen molar-refractivity contribution in [2.24, 2.45) is 0 Å². The molecular weight excluding hydrogens is 152 g/mol. The van der Waals surface area contributed by atoms with Crippen LogP contribution in [0.1, 0.15) is 12.8 Å². The lowest BCUT2D eigenvalue weighted by Gasteiger charge is -2.04. The number of unbranched alkanes of at least 4 members (excludes halogenated alkanes) is 1. The molecule has 62 valence electrons. The lowest BCUT2D eigenvalue weighted by Crippen LogP contribution is -2.14. The van der Waals surface area contributed by atoms with E-state index in [0.29, 0.717) is 6.42 Å². The zero-order valence-corrected chi connectivity index (χ0v) is 8.55. The molecule has 1 nitrogen and oxygen atoms in total. The van der Waals surface area contributed by atoms with Crippen LogP contribution < -0.4 is 0 Å². The third kappa shape index (κ3) is 9.41. The molecule has 0 aromatic carbocycles. The summed E-state index contributed by atoms with van der Waals surface area (Å²) in [5.41, 5.74) is 5.26. The van der Waals surface area contributed by atoms with E-state index in [2.05, 4.69) is 31.1 Å². The number of carbonyl (C=O) groups excluding carboxylic acids is 1. The molecule has 0 aliphatic heterocycles. The van der Waals surface area contributed by atoms with Crippen LogP contribution in [-0.4, -0.2) is 14.4 Å². The monoisotopic (exact) mass is 168 g/mol. The molecule has 0 amide bonds. The zero-order valence-electron chi connectivity index (χ0n) is 7.55. The minimum absolute atomic E-state index is 0.618. The largest absolute Gasteiger partial charge is 0.303 e. The molecular formula is C9H16OSi. The lowest BCUT2D eigenvalue weighted by atomic mass is 10.3. The lowest BCUT2D eigenvalue weighted by molar-refractivity contribution is -0.107. The summed E-state index contributed by atoms with van der Waals surface area (Å²) in [7, 11) is -1.07. The molecule has 0 aromatic heterocycles. The fourth-order valence-electron chi connectivity index (χ4n) is 0.544. The smallest absolute Gasteiger partial charge is 0.120 e. The Morgan fingerprint density at radius 3 is 2.36 bits per heavy atom. The van der Waals surface area contributed by atoms with E-state index in [-0.39, 0.29) is 0 Å². The highest BCUT2D eigenvalue weighted by atomic mass is 28.3. The van der Waals surface area contributed by atoms with Crippen LogP contribution >= 0.6 is 0 Å². The van der Waals surface area contributed by atoms with Gasteiger partial charge in [-0.25, -0.2) is 0 Å². The maximum Gasteiger partial charge on any atom is 0.120 e. The van der Waals surface area contributed by atoms with E-state index in [0.717, 1.165) is 12.7 Å². The molecule has 0 spiro atoms. The van der Waals surface area contributed by atoms with Crippen LogP contribution in [0.5, 0.6) is 0 Å². The van der Waals surface area contributed by atoms with Gasteiger partial charge in [0.2, 0.25) is 0 Å². The number of rotatable bonds is 4. The summed E-state index contributed by atoms with van der Waals surface area (Å²) in [4.78, 5) is 9.92. The normalized spacial score (nSPS) is 10.1. The van der Waals surface area contributed by atoms with Gasteiger partial charge in [0.05, 0.1) is 8.07 Å². The van der Waals surface area contributed by atoms with Crippen LogP contribution in [0.4, 0.5) is 0 Å². The Hall–Kier alpha value is -0.593. The van der Waals surface area contributed by atoms with Crippen LogP contribution in [0.15, 0.2) is 17.5 Å². The van der Waals surface area contributed by atoms with Crippen molar-refractivity contribution in [2.75, 3.05) is 0 Å². The van der Waals surface area contributed by atoms with E-state index in [1.54, 1.807) is 0 Å². The first-order valence-electron chi connectivity index (χ1n) is 3.92. The number of allylic oxidation sites excluding steroid dienone is 1. The summed E-state index contributed by atoms with van der Waals surface area (Å²) >= 11 is 0. The Labute approximate surface area is 69.8 Å². The fraction of sp³-hybridized carbons (Fsp3) is 0.556. The molecule has 0 aliphatic carbocycles. The minimum atomic E-state index is -1.07. The van der Waals surface area contributed by atoms with Gasteiger partial charge in [-0.2, -0.15) is 0 Å². The summed E-state index contributed by atoms with van der Waals surface area (Å²) in [5, 5.41) is 0. The molecule has 0 N–H and O–H groups in total. The van der Waals surface area contributed by atoms with Crippen molar-refractivity contribution in [2.45, 2.75) is 32.5 Å². The van der Waals surface area contributed by atoms with E-state index >= 15 is 0 Å². The second kappa shape index (κ2) is 5.11. The molecule has 11 heavy (non-hydrogen) atoms. The molecule has 0 saturated carbocycles. The summed E-state index contributed by atoms with van der Waals surface area (Å²) in [6, 6.07) is 0. The van der Waals surface area contributed by atoms with Crippen molar-refractivity contribution < 1.29 is 4.79 Å². The predicted molar refractivity (Wildman–Crippen MR) is 51.3 cm³/mol. The van der Waals surface area contributed by atoms with Crippen molar-refractivity contribution in [1.82, 2.24) is 0 Å². The quantitative estimate of drug-likeness (QED) is 0.273. The van der Waals surface area contributed by atoms with Crippen LogP contribution in [0.3, 0.4) is 0 Å². The number of hydrogen-bond donors (Lipinski definition) is 0. The fourth-order valence-corrected chi connectivity index (χ4v) is 1.16. The average Bonchev–Trinajstić information content (AvgIpc) is 1.85. The van der Waals surface area contributed by atoms with Gasteiger partial charge in [-0.15, -0.1) is 5.73 Å². The van der Waals surface area contributed by atoms with Crippen molar-refractivity contribution in [3.8, 4) is 0 Å². The van der Waals surface area contributed by atoms with Gasteiger partial charge >= 0.3 is 0 Å². The van der Waals surface area contributed by atoms with Crippen molar-refractivity contribution in [3.63, 3.8) is 0 Å². The third-order valence-corrected chi connectivity index (χ3v) is 2.10. The van der Waals surface area contributed by atoms with Crippen LogP contribution in [0.2, 0.25) is 19.6 Å². The van der Waals surface area contributed by atoms with Crippen LogP contribution in [-0.2, 0) is 4.79 Å². The summed E-state index contributed by atoms with van der Waals surface area (Å²) in [6.45, 7) is 6.77. The summed E-state index contributed by atoms with van der Waals surface area (Å²) in [5.74, 6) is 0. The highest BCUT2D eigenvalue weighted by molar-refractivity contribution is 6.80. The van der Waals surface area contributed by atoms with Gasteiger partial charge < -0.3 is 4.79 Å². The molecule has 0 aromatic rings. The number of hydrogen-bond acceptors (Lipinski definition) is 1. The van der Waals surface area contributed by atoms with Crippen LogP contribution in [0.25, 0.3) is 0 Å². The number of aldehydes is 1. The van der Waals surface area contributed by atoms with Gasteiger partial charge in [0.15, 0.2) is 0 Å². The zero-order chi connectivity index (χ0) is 8.74. The van der Waals surface area contributed by atoms with E-state index in [9.17, 15) is 4.79 Å². The van der Waals surface area contributed by atoms with E-state index in [1.165, 1.54) is 0 Å². The molecule has 0 rings (SSSR count). The molecule has 0 aliphatic rings. The molecule has 0 radical (unpaired) electrons. The first-order chi connectivity index (χ1) is 5.06. The molecule has 0 unspecified atom stereocenters. The van der Waals surface area contributed by atoms with Gasteiger partial charge in [0.1, 0.15) is 6.29 Å². The SMILES string of the molecule is C[Si](C)(C)C=C=CCCC=O. The highest BCUT2D eigenvalue weighted by Crippen LogP contribution is 2.00. The van der Waals surface area contributed by atoms with E-state index in [4.69, 9.17) is 0 Å². The van der Waals surface area contributed by atoms with Crippen molar-refractivity contribution in [3.05, 3.63) is 17.5 Å². The second-order valence-electron chi connectivity index (χ2n) is 3.63. The third-order valence-electron chi connectivity index (χ3n) is 1.06. The standard InChI is InChI=1S/C9H16OSi/c1-11(2,3)9-7-5-4-6-8-10/h5,8-9H,4,6H2,1-3H3. The predicted octanol–water partition coefficient (Wildman–Crippen LogP) is 2.55. The average molecular weight is 168 g/mol. The van der Waals surface area contributed by atoms with E-state index < -0.39 is 8.07 Å². The van der Waals surface area contributed by atoms with Gasteiger partial charge in [0.25, 0.3) is 0 Å².